The number of nitrogen functional groups attached to an aromatic ring is 1. The predicted molar refractivity (Wildman–Crippen MR) is 85.5 cm³/mol. The van der Waals surface area contributed by atoms with E-state index in [1.54, 1.807) is 11.8 Å². The quantitative estimate of drug-likeness (QED) is 0.671. The van der Waals surface area contributed by atoms with Crippen molar-refractivity contribution >= 4 is 33.4 Å². The molecule has 0 aliphatic rings. The van der Waals surface area contributed by atoms with E-state index in [-0.39, 0.29) is 0 Å². The first-order chi connectivity index (χ1) is 9.04. The fourth-order valence-electron chi connectivity index (χ4n) is 1.94. The first kappa shape index (κ1) is 14.5. The number of anilines is 1. The van der Waals surface area contributed by atoms with Gasteiger partial charge < -0.3 is 5.73 Å². The van der Waals surface area contributed by atoms with Crippen molar-refractivity contribution in [3.63, 3.8) is 0 Å². The maximum Gasteiger partial charge on any atom is 0.0739 e. The van der Waals surface area contributed by atoms with Crippen LogP contribution < -0.4 is 5.73 Å². The van der Waals surface area contributed by atoms with E-state index in [2.05, 4.69) is 40.9 Å². The molecule has 2 rings (SSSR count). The average molecular weight is 340 g/mol. The van der Waals surface area contributed by atoms with E-state index in [9.17, 15) is 0 Å². The highest BCUT2D eigenvalue weighted by Crippen LogP contribution is 2.32. The highest BCUT2D eigenvalue weighted by atomic mass is 79.9. The summed E-state index contributed by atoms with van der Waals surface area (Å²) in [4.78, 5) is 1.23. The topological polar surface area (TPSA) is 43.8 Å². The van der Waals surface area contributed by atoms with Gasteiger partial charge in [-0.05, 0) is 54.4 Å². The zero-order valence-electron chi connectivity index (χ0n) is 11.4. The number of thioether (sulfide) groups is 1. The van der Waals surface area contributed by atoms with Gasteiger partial charge in [0.05, 0.1) is 15.9 Å². The van der Waals surface area contributed by atoms with E-state index in [1.807, 2.05) is 23.7 Å². The Labute approximate surface area is 126 Å². The maximum atomic E-state index is 5.94. The molecule has 19 heavy (non-hydrogen) atoms. The van der Waals surface area contributed by atoms with Gasteiger partial charge in [0.25, 0.3) is 0 Å². The summed E-state index contributed by atoms with van der Waals surface area (Å²) < 4.78 is 3.16. The summed E-state index contributed by atoms with van der Waals surface area (Å²) in [5.74, 6) is 0.888. The number of hydrogen-bond donors (Lipinski definition) is 1. The molecule has 0 atom stereocenters. The normalized spacial score (nSPS) is 10.9. The predicted octanol–water partition coefficient (Wildman–Crippen LogP) is 4.16. The Balaban J connectivity index is 2.21. The number of hydrogen-bond acceptors (Lipinski definition) is 3. The third kappa shape index (κ3) is 2.98. The van der Waals surface area contributed by atoms with Crippen molar-refractivity contribution < 1.29 is 0 Å². The Kier molecular flexibility index (Phi) is 4.58. The SMILES string of the molecule is CCn1nc(C)c(Br)c1CSc1cccc(N)c1C. The van der Waals surface area contributed by atoms with Crippen molar-refractivity contribution in [2.24, 2.45) is 0 Å². The summed E-state index contributed by atoms with van der Waals surface area (Å²) in [5, 5.41) is 4.51. The molecule has 0 bridgehead atoms. The lowest BCUT2D eigenvalue weighted by Crippen LogP contribution is -2.02. The van der Waals surface area contributed by atoms with Gasteiger partial charge >= 0.3 is 0 Å². The zero-order valence-corrected chi connectivity index (χ0v) is 13.8. The van der Waals surface area contributed by atoms with E-state index in [0.717, 1.165) is 33.7 Å². The molecule has 1 aromatic heterocycles. The number of rotatable bonds is 4. The molecular weight excluding hydrogens is 322 g/mol. The first-order valence-corrected chi connectivity index (χ1v) is 8.02. The zero-order chi connectivity index (χ0) is 14.0. The minimum absolute atomic E-state index is 0.851. The molecule has 0 fully saturated rings. The molecule has 0 unspecified atom stereocenters. The Hall–Kier alpha value is -0.940. The molecule has 2 N–H and O–H groups in total. The molecule has 0 radical (unpaired) electrons. The molecule has 0 amide bonds. The van der Waals surface area contributed by atoms with Crippen molar-refractivity contribution in [3.05, 3.63) is 39.6 Å². The van der Waals surface area contributed by atoms with Crippen molar-refractivity contribution in [3.8, 4) is 0 Å². The molecule has 1 heterocycles. The highest BCUT2D eigenvalue weighted by molar-refractivity contribution is 9.10. The van der Waals surface area contributed by atoms with E-state index >= 15 is 0 Å². The van der Waals surface area contributed by atoms with Crippen molar-refractivity contribution in [2.45, 2.75) is 38.0 Å². The van der Waals surface area contributed by atoms with E-state index in [0.29, 0.717) is 0 Å². The molecule has 0 saturated heterocycles. The van der Waals surface area contributed by atoms with Crippen LogP contribution in [-0.4, -0.2) is 9.78 Å². The first-order valence-electron chi connectivity index (χ1n) is 6.24. The monoisotopic (exact) mass is 339 g/mol. The number of halogens is 1. The van der Waals surface area contributed by atoms with Crippen LogP contribution in [0.5, 0.6) is 0 Å². The molecule has 1 aromatic carbocycles. The number of benzene rings is 1. The van der Waals surface area contributed by atoms with Gasteiger partial charge in [-0.2, -0.15) is 5.10 Å². The van der Waals surface area contributed by atoms with E-state index in [1.165, 1.54) is 10.6 Å². The summed E-state index contributed by atoms with van der Waals surface area (Å²) in [6, 6.07) is 6.06. The van der Waals surface area contributed by atoms with Gasteiger partial charge in [-0.1, -0.05) is 6.07 Å². The summed E-state index contributed by atoms with van der Waals surface area (Å²) >= 11 is 5.43. The van der Waals surface area contributed by atoms with E-state index < -0.39 is 0 Å². The highest BCUT2D eigenvalue weighted by Gasteiger charge is 2.13. The molecule has 5 heteroatoms. The van der Waals surface area contributed by atoms with Crippen molar-refractivity contribution in [1.82, 2.24) is 9.78 Å². The van der Waals surface area contributed by atoms with Crippen LogP contribution in [0, 0.1) is 13.8 Å². The van der Waals surface area contributed by atoms with Crippen LogP contribution in [0.15, 0.2) is 27.6 Å². The lowest BCUT2D eigenvalue weighted by Gasteiger charge is -2.09. The number of aryl methyl sites for hydroxylation is 2. The number of aromatic nitrogens is 2. The summed E-state index contributed by atoms with van der Waals surface area (Å²) in [7, 11) is 0. The third-order valence-electron chi connectivity index (χ3n) is 3.14. The minimum Gasteiger partial charge on any atom is -0.398 e. The van der Waals surface area contributed by atoms with Crippen LogP contribution >= 0.6 is 27.7 Å². The fraction of sp³-hybridized carbons (Fsp3) is 0.357. The molecular formula is C14H18BrN3S. The van der Waals surface area contributed by atoms with Gasteiger partial charge in [-0.15, -0.1) is 11.8 Å². The van der Waals surface area contributed by atoms with Gasteiger partial charge in [-0.25, -0.2) is 0 Å². The van der Waals surface area contributed by atoms with Crippen LogP contribution in [0.3, 0.4) is 0 Å². The number of nitrogens with two attached hydrogens (primary N) is 1. The second kappa shape index (κ2) is 6.01. The average Bonchev–Trinajstić information content (AvgIpc) is 2.67. The van der Waals surface area contributed by atoms with Crippen LogP contribution in [0.2, 0.25) is 0 Å². The summed E-state index contributed by atoms with van der Waals surface area (Å²) in [6.45, 7) is 7.09. The summed E-state index contributed by atoms with van der Waals surface area (Å²) in [6.07, 6.45) is 0. The van der Waals surface area contributed by atoms with Crippen molar-refractivity contribution in [2.75, 3.05) is 5.73 Å². The van der Waals surface area contributed by atoms with Gasteiger partial charge in [0, 0.05) is 22.9 Å². The molecule has 0 spiro atoms. The largest absolute Gasteiger partial charge is 0.398 e. The lowest BCUT2D eigenvalue weighted by molar-refractivity contribution is 0.631. The molecule has 3 nitrogen and oxygen atoms in total. The van der Waals surface area contributed by atoms with Crippen LogP contribution in [-0.2, 0) is 12.3 Å². The second-order valence-electron chi connectivity index (χ2n) is 4.42. The van der Waals surface area contributed by atoms with E-state index in [4.69, 9.17) is 5.73 Å². The lowest BCUT2D eigenvalue weighted by atomic mass is 10.2. The van der Waals surface area contributed by atoms with Crippen LogP contribution in [0.25, 0.3) is 0 Å². The van der Waals surface area contributed by atoms with Crippen LogP contribution in [0.4, 0.5) is 5.69 Å². The Morgan fingerprint density at radius 1 is 1.37 bits per heavy atom. The summed E-state index contributed by atoms with van der Waals surface area (Å²) in [5.41, 5.74) is 10.2. The molecule has 102 valence electrons. The van der Waals surface area contributed by atoms with Gasteiger partial charge in [0.15, 0.2) is 0 Å². The van der Waals surface area contributed by atoms with Crippen molar-refractivity contribution in [1.29, 1.82) is 0 Å². The van der Waals surface area contributed by atoms with Gasteiger partial charge in [0.2, 0.25) is 0 Å². The van der Waals surface area contributed by atoms with Gasteiger partial charge in [0.1, 0.15) is 0 Å². The fourth-order valence-corrected chi connectivity index (χ4v) is 3.65. The molecule has 2 aromatic rings. The Morgan fingerprint density at radius 2 is 2.11 bits per heavy atom. The second-order valence-corrected chi connectivity index (χ2v) is 6.23. The molecule has 0 aliphatic carbocycles. The van der Waals surface area contributed by atoms with Crippen LogP contribution in [0.1, 0.15) is 23.9 Å². The minimum atomic E-state index is 0.851. The number of nitrogens with zero attached hydrogens (tertiary/aromatic N) is 2. The third-order valence-corrected chi connectivity index (χ3v) is 5.35. The van der Waals surface area contributed by atoms with Gasteiger partial charge in [-0.3, -0.25) is 4.68 Å². The smallest absolute Gasteiger partial charge is 0.0739 e. The molecule has 0 saturated carbocycles. The Morgan fingerprint density at radius 3 is 2.79 bits per heavy atom. The Bertz CT molecular complexity index is 593. The standard InChI is InChI=1S/C14H18BrN3S/c1-4-18-12(14(15)10(3)17-18)8-19-13-7-5-6-11(16)9(13)2/h5-7H,4,8,16H2,1-3H3. The molecule has 0 aliphatic heterocycles. The maximum absolute atomic E-state index is 5.94.